The van der Waals surface area contributed by atoms with Gasteiger partial charge in [0, 0.05) is 18.7 Å². The molecule has 0 radical (unpaired) electrons. The first-order valence-corrected chi connectivity index (χ1v) is 6.91. The number of hydrogen-bond acceptors (Lipinski definition) is 6. The number of rotatable bonds is 2. The Morgan fingerprint density at radius 3 is 2.60 bits per heavy atom. The van der Waals surface area contributed by atoms with Crippen molar-refractivity contribution in [3.05, 3.63) is 18.2 Å². The lowest BCUT2D eigenvalue weighted by molar-refractivity contribution is 0.428. The van der Waals surface area contributed by atoms with E-state index in [1.165, 1.54) is 18.9 Å². The average molecular weight is 274 g/mol. The van der Waals surface area contributed by atoms with Gasteiger partial charge in [-0.15, -0.1) is 0 Å². The summed E-state index contributed by atoms with van der Waals surface area (Å²) in [6.07, 6.45) is 4.83. The molecule has 1 aliphatic heterocycles. The zero-order valence-corrected chi connectivity index (χ0v) is 11.2. The molecule has 0 amide bonds. The van der Waals surface area contributed by atoms with Gasteiger partial charge in [-0.2, -0.15) is 4.98 Å². The molecule has 1 aromatic heterocycles. The van der Waals surface area contributed by atoms with Gasteiger partial charge < -0.3 is 20.3 Å². The predicted molar refractivity (Wildman–Crippen MR) is 76.5 cm³/mol. The van der Waals surface area contributed by atoms with Gasteiger partial charge in [0.25, 0.3) is 11.8 Å². The van der Waals surface area contributed by atoms with E-state index in [9.17, 15) is 5.11 Å². The van der Waals surface area contributed by atoms with Gasteiger partial charge in [-0.3, -0.25) is 0 Å². The van der Waals surface area contributed by atoms with E-state index < -0.39 is 0 Å². The molecule has 0 saturated carbocycles. The number of phenolic OH excluding ortho intramolecular Hbond substituents is 1. The van der Waals surface area contributed by atoms with Crippen LogP contribution in [0.25, 0.3) is 11.5 Å². The zero-order valence-electron chi connectivity index (χ0n) is 11.2. The standard InChI is InChI=1S/C14H18N4O2/c15-11-6-5-10(9-12(11)19)13-16-14(17-20-13)18-7-3-1-2-4-8-18/h5-6,9,19H,1-4,7-8,15H2. The lowest BCUT2D eigenvalue weighted by Gasteiger charge is -2.16. The molecule has 0 unspecified atom stereocenters. The van der Waals surface area contributed by atoms with Crippen LogP contribution in [0, 0.1) is 0 Å². The summed E-state index contributed by atoms with van der Waals surface area (Å²) in [6, 6.07) is 4.92. The molecule has 1 saturated heterocycles. The molecule has 3 N–H and O–H groups in total. The number of hydrogen-bond donors (Lipinski definition) is 2. The number of nitrogens with two attached hydrogens (primary N) is 1. The normalized spacial score (nSPS) is 16.1. The summed E-state index contributed by atoms with van der Waals surface area (Å²) in [5, 5.41) is 13.7. The van der Waals surface area contributed by atoms with Crippen molar-refractivity contribution in [2.75, 3.05) is 23.7 Å². The molecular formula is C14H18N4O2. The third-order valence-electron chi connectivity index (χ3n) is 3.58. The first-order chi connectivity index (χ1) is 9.74. The van der Waals surface area contributed by atoms with Crippen LogP contribution in [0.15, 0.2) is 22.7 Å². The van der Waals surface area contributed by atoms with E-state index in [2.05, 4.69) is 15.0 Å². The minimum Gasteiger partial charge on any atom is -0.506 e. The summed E-state index contributed by atoms with van der Waals surface area (Å²) in [7, 11) is 0. The Labute approximate surface area is 117 Å². The van der Waals surface area contributed by atoms with Crippen LogP contribution in [0.3, 0.4) is 0 Å². The Hall–Kier alpha value is -2.24. The van der Waals surface area contributed by atoms with E-state index in [-0.39, 0.29) is 5.75 Å². The number of benzene rings is 1. The molecular weight excluding hydrogens is 256 g/mol. The molecule has 6 heteroatoms. The van der Waals surface area contributed by atoms with Crippen LogP contribution in [-0.4, -0.2) is 28.3 Å². The van der Waals surface area contributed by atoms with Crippen molar-refractivity contribution in [3.63, 3.8) is 0 Å². The van der Waals surface area contributed by atoms with Crippen LogP contribution in [-0.2, 0) is 0 Å². The van der Waals surface area contributed by atoms with Gasteiger partial charge in [-0.05, 0) is 36.2 Å². The fourth-order valence-corrected chi connectivity index (χ4v) is 2.41. The molecule has 3 rings (SSSR count). The molecule has 106 valence electrons. The maximum absolute atomic E-state index is 9.63. The smallest absolute Gasteiger partial charge is 0.266 e. The minimum atomic E-state index is 0.0250. The van der Waals surface area contributed by atoms with Crippen LogP contribution in [0.2, 0.25) is 0 Å². The Morgan fingerprint density at radius 1 is 1.15 bits per heavy atom. The van der Waals surface area contributed by atoms with Gasteiger partial charge in [0.05, 0.1) is 5.69 Å². The molecule has 20 heavy (non-hydrogen) atoms. The van der Waals surface area contributed by atoms with Gasteiger partial charge >= 0.3 is 0 Å². The lowest BCUT2D eigenvalue weighted by atomic mass is 10.2. The summed E-state index contributed by atoms with van der Waals surface area (Å²) in [5.41, 5.74) is 6.59. The lowest BCUT2D eigenvalue weighted by Crippen LogP contribution is -2.24. The summed E-state index contributed by atoms with van der Waals surface area (Å²) in [5.74, 6) is 1.05. The molecule has 0 spiro atoms. The van der Waals surface area contributed by atoms with Gasteiger partial charge in [0.2, 0.25) is 0 Å². The van der Waals surface area contributed by atoms with Crippen molar-refractivity contribution in [2.45, 2.75) is 25.7 Å². The number of nitrogens with zero attached hydrogens (tertiary/aromatic N) is 3. The second-order valence-corrected chi connectivity index (χ2v) is 5.07. The second kappa shape index (κ2) is 5.40. The maximum atomic E-state index is 9.63. The summed E-state index contributed by atoms with van der Waals surface area (Å²) >= 11 is 0. The minimum absolute atomic E-state index is 0.0250. The second-order valence-electron chi connectivity index (χ2n) is 5.07. The SMILES string of the molecule is Nc1ccc(-c2nc(N3CCCCCC3)no2)cc1O. The molecule has 6 nitrogen and oxygen atoms in total. The first kappa shape index (κ1) is 12.8. The quantitative estimate of drug-likeness (QED) is 0.645. The fourth-order valence-electron chi connectivity index (χ4n) is 2.41. The Balaban J connectivity index is 1.83. The van der Waals surface area contributed by atoms with Gasteiger partial charge in [-0.25, -0.2) is 0 Å². The number of phenols is 1. The summed E-state index contributed by atoms with van der Waals surface area (Å²) < 4.78 is 5.28. The Bertz CT molecular complexity index is 589. The number of aromatic nitrogens is 2. The largest absolute Gasteiger partial charge is 0.506 e. The summed E-state index contributed by atoms with van der Waals surface area (Å²) in [4.78, 5) is 6.56. The van der Waals surface area contributed by atoms with E-state index in [0.29, 0.717) is 23.1 Å². The highest BCUT2D eigenvalue weighted by molar-refractivity contribution is 5.64. The monoisotopic (exact) mass is 274 g/mol. The van der Waals surface area contributed by atoms with Crippen molar-refractivity contribution in [1.29, 1.82) is 0 Å². The van der Waals surface area contributed by atoms with Gasteiger partial charge in [-0.1, -0.05) is 12.8 Å². The molecule has 2 aromatic rings. The number of anilines is 2. The third kappa shape index (κ3) is 2.54. The maximum Gasteiger partial charge on any atom is 0.266 e. The van der Waals surface area contributed by atoms with E-state index in [4.69, 9.17) is 10.3 Å². The molecule has 1 aromatic carbocycles. The Morgan fingerprint density at radius 2 is 1.90 bits per heavy atom. The molecule has 1 aliphatic rings. The van der Waals surface area contributed by atoms with Gasteiger partial charge in [0.1, 0.15) is 5.75 Å². The number of nitrogen functional groups attached to an aromatic ring is 1. The molecule has 2 heterocycles. The van der Waals surface area contributed by atoms with Crippen molar-refractivity contribution >= 4 is 11.6 Å². The van der Waals surface area contributed by atoms with Crippen molar-refractivity contribution in [2.24, 2.45) is 0 Å². The molecule has 1 fully saturated rings. The molecule has 0 atom stereocenters. The van der Waals surface area contributed by atoms with Crippen LogP contribution in [0.5, 0.6) is 5.75 Å². The van der Waals surface area contributed by atoms with E-state index in [0.717, 1.165) is 25.9 Å². The highest BCUT2D eigenvalue weighted by Gasteiger charge is 2.17. The van der Waals surface area contributed by atoms with E-state index in [1.54, 1.807) is 12.1 Å². The summed E-state index contributed by atoms with van der Waals surface area (Å²) in [6.45, 7) is 1.93. The Kier molecular flexibility index (Phi) is 3.45. The van der Waals surface area contributed by atoms with E-state index in [1.807, 2.05) is 0 Å². The molecule has 0 bridgehead atoms. The van der Waals surface area contributed by atoms with Gasteiger partial charge in [0.15, 0.2) is 0 Å². The first-order valence-electron chi connectivity index (χ1n) is 6.91. The molecule has 0 aliphatic carbocycles. The average Bonchev–Trinajstić information content (AvgIpc) is 2.78. The van der Waals surface area contributed by atoms with Crippen molar-refractivity contribution in [1.82, 2.24) is 10.1 Å². The highest BCUT2D eigenvalue weighted by Crippen LogP contribution is 2.28. The van der Waals surface area contributed by atoms with Crippen LogP contribution in [0.4, 0.5) is 11.6 Å². The zero-order chi connectivity index (χ0) is 13.9. The van der Waals surface area contributed by atoms with E-state index >= 15 is 0 Å². The van der Waals surface area contributed by atoms with Crippen molar-refractivity contribution in [3.8, 4) is 17.2 Å². The van der Waals surface area contributed by atoms with Crippen LogP contribution >= 0.6 is 0 Å². The van der Waals surface area contributed by atoms with Crippen LogP contribution < -0.4 is 10.6 Å². The highest BCUT2D eigenvalue weighted by atomic mass is 16.5. The third-order valence-corrected chi connectivity index (χ3v) is 3.58. The van der Waals surface area contributed by atoms with Crippen molar-refractivity contribution < 1.29 is 9.63 Å². The topological polar surface area (TPSA) is 88.4 Å². The number of aromatic hydroxyl groups is 1. The predicted octanol–water partition coefficient (Wildman–Crippen LogP) is 2.40. The van der Waals surface area contributed by atoms with Crippen LogP contribution in [0.1, 0.15) is 25.7 Å². The fraction of sp³-hybridized carbons (Fsp3) is 0.429.